The molecule has 1 atom stereocenters. The Bertz CT molecular complexity index is 764. The Hall–Kier alpha value is -1.98. The van der Waals surface area contributed by atoms with Crippen molar-refractivity contribution >= 4 is 46.6 Å². The molecule has 0 unspecified atom stereocenters. The SMILES string of the molecule is C[C@H](SCc1ccc(Cl)cc1)C(=O)N1CC(=O)Nc2ccccc21. The summed E-state index contributed by atoms with van der Waals surface area (Å²) in [6.45, 7) is 1.93. The van der Waals surface area contributed by atoms with Crippen LogP contribution < -0.4 is 10.2 Å². The molecule has 124 valence electrons. The minimum absolute atomic E-state index is 0.0572. The maximum atomic E-state index is 12.8. The summed E-state index contributed by atoms with van der Waals surface area (Å²) in [4.78, 5) is 26.2. The van der Waals surface area contributed by atoms with Crippen molar-refractivity contribution in [2.45, 2.75) is 17.9 Å². The van der Waals surface area contributed by atoms with Gasteiger partial charge in [0.25, 0.3) is 0 Å². The summed E-state index contributed by atoms with van der Waals surface area (Å²) in [6.07, 6.45) is 0. The zero-order valence-corrected chi connectivity index (χ0v) is 14.7. The number of hydrogen-bond donors (Lipinski definition) is 1. The lowest BCUT2D eigenvalue weighted by Crippen LogP contribution is -2.45. The van der Waals surface area contributed by atoms with Crippen molar-refractivity contribution in [3.63, 3.8) is 0 Å². The number of hydrogen-bond acceptors (Lipinski definition) is 3. The average Bonchev–Trinajstić information content (AvgIpc) is 2.59. The predicted octanol–water partition coefficient (Wildman–Crippen LogP) is 3.95. The fraction of sp³-hybridized carbons (Fsp3) is 0.222. The molecule has 0 fully saturated rings. The molecule has 2 aromatic rings. The van der Waals surface area contributed by atoms with Gasteiger partial charge in [0.1, 0.15) is 6.54 Å². The lowest BCUT2D eigenvalue weighted by atomic mass is 10.2. The standard InChI is InChI=1S/C18H17ClN2O2S/c1-12(24-11-13-6-8-14(19)9-7-13)18(23)21-10-17(22)20-15-4-2-3-5-16(15)21/h2-9,12H,10-11H2,1H3,(H,20,22)/t12-/m0/s1. The van der Waals surface area contributed by atoms with Gasteiger partial charge in [-0.3, -0.25) is 14.5 Å². The molecule has 0 saturated heterocycles. The monoisotopic (exact) mass is 360 g/mol. The zero-order chi connectivity index (χ0) is 17.1. The lowest BCUT2D eigenvalue weighted by molar-refractivity contribution is -0.121. The van der Waals surface area contributed by atoms with E-state index in [1.54, 1.807) is 22.7 Å². The molecule has 1 aliphatic heterocycles. The van der Waals surface area contributed by atoms with Gasteiger partial charge >= 0.3 is 0 Å². The van der Waals surface area contributed by atoms with Gasteiger partial charge < -0.3 is 5.32 Å². The Balaban J connectivity index is 1.69. The number of benzene rings is 2. The highest BCUT2D eigenvalue weighted by atomic mass is 35.5. The van der Waals surface area contributed by atoms with Crippen LogP contribution in [0.15, 0.2) is 48.5 Å². The summed E-state index contributed by atoms with van der Waals surface area (Å²) in [5, 5.41) is 3.24. The van der Waals surface area contributed by atoms with Gasteiger partial charge in [0, 0.05) is 10.8 Å². The van der Waals surface area contributed by atoms with E-state index in [1.165, 1.54) is 0 Å². The van der Waals surface area contributed by atoms with E-state index in [0.29, 0.717) is 16.5 Å². The molecule has 0 radical (unpaired) electrons. The van der Waals surface area contributed by atoms with Crippen molar-refractivity contribution in [2.24, 2.45) is 0 Å². The summed E-state index contributed by atoms with van der Waals surface area (Å²) < 4.78 is 0. The van der Waals surface area contributed by atoms with E-state index in [4.69, 9.17) is 11.6 Å². The first-order valence-corrected chi connectivity index (χ1v) is 9.03. The highest BCUT2D eigenvalue weighted by molar-refractivity contribution is 7.99. The molecular weight excluding hydrogens is 344 g/mol. The molecule has 1 N–H and O–H groups in total. The van der Waals surface area contributed by atoms with Crippen molar-refractivity contribution in [1.82, 2.24) is 0 Å². The van der Waals surface area contributed by atoms with E-state index in [2.05, 4.69) is 5.32 Å². The van der Waals surface area contributed by atoms with Gasteiger partial charge in [-0.25, -0.2) is 0 Å². The first-order chi connectivity index (χ1) is 11.5. The highest BCUT2D eigenvalue weighted by Crippen LogP contribution is 2.31. The quantitative estimate of drug-likeness (QED) is 0.898. The molecule has 2 aromatic carbocycles. The average molecular weight is 361 g/mol. The Morgan fingerprint density at radius 2 is 1.96 bits per heavy atom. The third kappa shape index (κ3) is 3.74. The number of nitrogens with one attached hydrogen (secondary N) is 1. The van der Waals surface area contributed by atoms with Crippen molar-refractivity contribution in [2.75, 3.05) is 16.8 Å². The van der Waals surface area contributed by atoms with Crippen LogP contribution in [0.3, 0.4) is 0 Å². The summed E-state index contributed by atoms with van der Waals surface area (Å²) in [5.41, 5.74) is 2.54. The molecule has 1 aliphatic rings. The number of carbonyl (C=O) groups is 2. The number of anilines is 2. The summed E-state index contributed by atoms with van der Waals surface area (Å²) in [6, 6.07) is 15.0. The van der Waals surface area contributed by atoms with Crippen LogP contribution in [-0.2, 0) is 15.3 Å². The van der Waals surface area contributed by atoms with E-state index in [1.807, 2.05) is 49.4 Å². The number of rotatable bonds is 4. The smallest absolute Gasteiger partial charge is 0.244 e. The van der Waals surface area contributed by atoms with Crippen LogP contribution in [0, 0.1) is 0 Å². The molecule has 3 rings (SSSR count). The number of thioether (sulfide) groups is 1. The van der Waals surface area contributed by atoms with Gasteiger partial charge in [-0.1, -0.05) is 35.9 Å². The number of nitrogens with zero attached hydrogens (tertiary/aromatic N) is 1. The number of para-hydroxylation sites is 2. The van der Waals surface area contributed by atoms with Crippen LogP contribution in [0.2, 0.25) is 5.02 Å². The largest absolute Gasteiger partial charge is 0.323 e. The molecule has 6 heteroatoms. The first kappa shape index (κ1) is 16.9. The third-order valence-electron chi connectivity index (χ3n) is 3.80. The van der Waals surface area contributed by atoms with Crippen LogP contribution in [0.4, 0.5) is 11.4 Å². The van der Waals surface area contributed by atoms with E-state index in [0.717, 1.165) is 11.3 Å². The molecule has 2 amide bonds. The fourth-order valence-corrected chi connectivity index (χ4v) is 3.55. The van der Waals surface area contributed by atoms with Gasteiger partial charge in [-0.2, -0.15) is 0 Å². The molecule has 0 aliphatic carbocycles. The predicted molar refractivity (Wildman–Crippen MR) is 99.6 cm³/mol. The van der Waals surface area contributed by atoms with Crippen molar-refractivity contribution in [3.8, 4) is 0 Å². The highest BCUT2D eigenvalue weighted by Gasteiger charge is 2.29. The second kappa shape index (κ2) is 7.28. The maximum Gasteiger partial charge on any atom is 0.244 e. The van der Waals surface area contributed by atoms with E-state index in [9.17, 15) is 9.59 Å². The van der Waals surface area contributed by atoms with Gasteiger partial charge in [-0.05, 0) is 36.8 Å². The molecule has 0 saturated carbocycles. The van der Waals surface area contributed by atoms with E-state index in [-0.39, 0.29) is 23.6 Å². The lowest BCUT2D eigenvalue weighted by Gasteiger charge is -2.30. The summed E-state index contributed by atoms with van der Waals surface area (Å²) >= 11 is 7.43. The zero-order valence-electron chi connectivity index (χ0n) is 13.2. The number of amides is 2. The van der Waals surface area contributed by atoms with Crippen molar-refractivity contribution < 1.29 is 9.59 Å². The fourth-order valence-electron chi connectivity index (χ4n) is 2.52. The Morgan fingerprint density at radius 1 is 1.25 bits per heavy atom. The topological polar surface area (TPSA) is 49.4 Å². The minimum atomic E-state index is -0.250. The third-order valence-corrected chi connectivity index (χ3v) is 5.25. The molecule has 0 spiro atoms. The second-order valence-corrected chi connectivity index (χ2v) is 7.33. The van der Waals surface area contributed by atoms with Gasteiger partial charge in [0.2, 0.25) is 11.8 Å². The number of fused-ring (bicyclic) bond motifs is 1. The molecule has 1 heterocycles. The number of carbonyl (C=O) groups excluding carboxylic acids is 2. The van der Waals surface area contributed by atoms with Crippen molar-refractivity contribution in [3.05, 3.63) is 59.1 Å². The minimum Gasteiger partial charge on any atom is -0.323 e. The van der Waals surface area contributed by atoms with Crippen LogP contribution in [0.1, 0.15) is 12.5 Å². The van der Waals surface area contributed by atoms with Crippen molar-refractivity contribution in [1.29, 1.82) is 0 Å². The van der Waals surface area contributed by atoms with Gasteiger partial charge in [-0.15, -0.1) is 11.8 Å². The van der Waals surface area contributed by atoms with Crippen LogP contribution in [0.5, 0.6) is 0 Å². The van der Waals surface area contributed by atoms with Crippen LogP contribution in [0.25, 0.3) is 0 Å². The van der Waals surface area contributed by atoms with Crippen LogP contribution in [-0.4, -0.2) is 23.6 Å². The normalized spacial score (nSPS) is 14.8. The molecular formula is C18H17ClN2O2S. The maximum absolute atomic E-state index is 12.8. The number of halogens is 1. The van der Waals surface area contributed by atoms with Crippen LogP contribution >= 0.6 is 23.4 Å². The molecule has 0 aromatic heterocycles. The van der Waals surface area contributed by atoms with E-state index < -0.39 is 0 Å². The summed E-state index contributed by atoms with van der Waals surface area (Å²) in [7, 11) is 0. The Kier molecular flexibility index (Phi) is 5.11. The first-order valence-electron chi connectivity index (χ1n) is 7.61. The van der Waals surface area contributed by atoms with E-state index >= 15 is 0 Å². The molecule has 24 heavy (non-hydrogen) atoms. The Morgan fingerprint density at radius 3 is 2.71 bits per heavy atom. The Labute approximate surface area is 150 Å². The van der Waals surface area contributed by atoms with Gasteiger partial charge in [0.15, 0.2) is 0 Å². The summed E-state index contributed by atoms with van der Waals surface area (Å²) in [5.74, 6) is 0.486. The second-order valence-electron chi connectivity index (χ2n) is 5.57. The molecule has 0 bridgehead atoms. The molecule has 4 nitrogen and oxygen atoms in total. The van der Waals surface area contributed by atoms with Gasteiger partial charge in [0.05, 0.1) is 16.6 Å².